The van der Waals surface area contributed by atoms with Crippen molar-refractivity contribution in [2.45, 2.75) is 56.1 Å². The molecule has 0 unspecified atom stereocenters. The Morgan fingerprint density at radius 2 is 1.84 bits per heavy atom. The summed E-state index contributed by atoms with van der Waals surface area (Å²) >= 11 is 0. The van der Waals surface area contributed by atoms with Gasteiger partial charge in [-0.15, -0.1) is 0 Å². The Bertz CT molecular complexity index is 453. The zero-order chi connectivity index (χ0) is 13.1. The summed E-state index contributed by atoms with van der Waals surface area (Å²) in [6.45, 7) is 0. The number of benzene rings is 1. The van der Waals surface area contributed by atoms with Gasteiger partial charge in [-0.3, -0.25) is 4.84 Å². The van der Waals surface area contributed by atoms with Gasteiger partial charge in [0.15, 0.2) is 0 Å². The Kier molecular flexibility index (Phi) is 3.54. The second-order valence-electron chi connectivity index (χ2n) is 5.81. The Morgan fingerprint density at radius 1 is 1.16 bits per heavy atom. The van der Waals surface area contributed by atoms with Gasteiger partial charge in [-0.25, -0.2) is 0 Å². The lowest BCUT2D eigenvalue weighted by molar-refractivity contribution is -0.0637. The van der Waals surface area contributed by atoms with Gasteiger partial charge in [-0.05, 0) is 31.2 Å². The Hall–Kier alpha value is -1.37. The van der Waals surface area contributed by atoms with Gasteiger partial charge in [0.05, 0.1) is 17.6 Å². The van der Waals surface area contributed by atoms with Gasteiger partial charge in [-0.1, -0.05) is 43.2 Å². The number of hydrogen-bond donors (Lipinski definition) is 1. The lowest BCUT2D eigenvalue weighted by Crippen LogP contribution is -2.51. The molecule has 0 aromatic heterocycles. The van der Waals surface area contributed by atoms with E-state index in [-0.39, 0.29) is 5.41 Å². The molecule has 100 valence electrons. The monoisotopic (exact) mass is 256 g/mol. The maximum atomic E-state index is 9.47. The molecule has 0 aliphatic heterocycles. The fourth-order valence-electron chi connectivity index (χ4n) is 3.21. The van der Waals surface area contributed by atoms with Crippen molar-refractivity contribution in [3.8, 4) is 6.07 Å². The smallest absolute Gasteiger partial charge is 0.0853 e. The van der Waals surface area contributed by atoms with Gasteiger partial charge in [0.2, 0.25) is 0 Å². The van der Waals surface area contributed by atoms with Crippen molar-refractivity contribution >= 4 is 0 Å². The Labute approximate surface area is 114 Å². The van der Waals surface area contributed by atoms with Crippen LogP contribution in [0.3, 0.4) is 0 Å². The molecule has 0 spiro atoms. The van der Waals surface area contributed by atoms with Gasteiger partial charge in [0.1, 0.15) is 0 Å². The highest BCUT2D eigenvalue weighted by Gasteiger charge is 2.46. The lowest BCUT2D eigenvalue weighted by atomic mass is 9.63. The Morgan fingerprint density at radius 3 is 2.47 bits per heavy atom. The summed E-state index contributed by atoms with van der Waals surface area (Å²) in [6.07, 6.45) is 6.98. The molecule has 3 heteroatoms. The molecular formula is C16H20N2O. The van der Waals surface area contributed by atoms with Gasteiger partial charge in [0, 0.05) is 6.04 Å². The topological polar surface area (TPSA) is 45.0 Å². The number of nitriles is 1. The van der Waals surface area contributed by atoms with Crippen molar-refractivity contribution in [2.75, 3.05) is 0 Å². The first-order chi connectivity index (χ1) is 9.32. The van der Waals surface area contributed by atoms with E-state index in [1.807, 2.05) is 18.2 Å². The van der Waals surface area contributed by atoms with Gasteiger partial charge in [-0.2, -0.15) is 10.7 Å². The van der Waals surface area contributed by atoms with E-state index in [9.17, 15) is 5.26 Å². The van der Waals surface area contributed by atoms with Crippen LogP contribution in [0.15, 0.2) is 30.3 Å². The second kappa shape index (κ2) is 5.32. The summed E-state index contributed by atoms with van der Waals surface area (Å²) in [5, 5.41) is 9.47. The van der Waals surface area contributed by atoms with Gasteiger partial charge >= 0.3 is 0 Å². The maximum Gasteiger partial charge on any atom is 0.0853 e. The minimum Gasteiger partial charge on any atom is -0.298 e. The molecule has 0 heterocycles. The third-order valence-electron chi connectivity index (χ3n) is 4.43. The molecule has 2 fully saturated rings. The number of nitrogens with zero attached hydrogens (tertiary/aromatic N) is 1. The molecule has 0 amide bonds. The summed E-state index contributed by atoms with van der Waals surface area (Å²) in [7, 11) is 0. The van der Waals surface area contributed by atoms with Gasteiger partial charge < -0.3 is 0 Å². The normalized spacial score (nSPS) is 30.8. The van der Waals surface area contributed by atoms with E-state index in [0.29, 0.717) is 12.1 Å². The molecule has 0 radical (unpaired) electrons. The SMILES string of the molecule is N#CC1(c2ccccc2)CC(NOC2CCCC2)C1. The predicted molar refractivity (Wildman–Crippen MR) is 73.2 cm³/mol. The second-order valence-corrected chi connectivity index (χ2v) is 5.81. The van der Waals surface area contributed by atoms with Crippen molar-refractivity contribution < 1.29 is 4.84 Å². The summed E-state index contributed by atoms with van der Waals surface area (Å²) in [4.78, 5) is 5.72. The van der Waals surface area contributed by atoms with E-state index in [1.165, 1.54) is 25.7 Å². The average Bonchev–Trinajstić information content (AvgIpc) is 2.92. The summed E-state index contributed by atoms with van der Waals surface area (Å²) in [5.74, 6) is 0. The van der Waals surface area contributed by atoms with Crippen LogP contribution >= 0.6 is 0 Å². The minimum atomic E-state index is -0.308. The van der Waals surface area contributed by atoms with Crippen molar-refractivity contribution in [1.82, 2.24) is 5.48 Å². The van der Waals surface area contributed by atoms with E-state index in [1.54, 1.807) is 0 Å². The summed E-state index contributed by atoms with van der Waals surface area (Å²) in [6, 6.07) is 12.9. The summed E-state index contributed by atoms with van der Waals surface area (Å²) in [5.41, 5.74) is 4.00. The van der Waals surface area contributed by atoms with Crippen LogP contribution in [0.5, 0.6) is 0 Å². The number of rotatable bonds is 4. The summed E-state index contributed by atoms with van der Waals surface area (Å²) < 4.78 is 0. The fourth-order valence-corrected chi connectivity index (χ4v) is 3.21. The molecule has 1 aromatic carbocycles. The third kappa shape index (κ3) is 2.51. The van der Waals surface area contributed by atoms with Crippen LogP contribution in [0, 0.1) is 11.3 Å². The molecule has 2 saturated carbocycles. The molecule has 3 nitrogen and oxygen atoms in total. The zero-order valence-corrected chi connectivity index (χ0v) is 11.1. The predicted octanol–water partition coefficient (Wildman–Crippen LogP) is 3.07. The molecule has 19 heavy (non-hydrogen) atoms. The first-order valence-electron chi connectivity index (χ1n) is 7.20. The molecule has 0 saturated heterocycles. The molecular weight excluding hydrogens is 236 g/mol. The van der Waals surface area contributed by atoms with Crippen LogP contribution in [0.4, 0.5) is 0 Å². The molecule has 0 bridgehead atoms. The first kappa shape index (κ1) is 12.7. The first-order valence-corrected chi connectivity index (χ1v) is 7.20. The highest BCUT2D eigenvalue weighted by atomic mass is 16.7. The van der Waals surface area contributed by atoms with Crippen LogP contribution in [0.25, 0.3) is 0 Å². The van der Waals surface area contributed by atoms with Crippen LogP contribution in [-0.2, 0) is 10.3 Å². The minimum absolute atomic E-state index is 0.308. The van der Waals surface area contributed by atoms with Crippen LogP contribution in [0.2, 0.25) is 0 Å². The standard InChI is InChI=1S/C16H20N2O/c17-12-16(13-6-2-1-3-7-13)10-14(11-16)18-19-15-8-4-5-9-15/h1-3,6-7,14-15,18H,4-5,8-11H2. The van der Waals surface area contributed by atoms with Crippen molar-refractivity contribution in [1.29, 1.82) is 5.26 Å². The van der Waals surface area contributed by atoms with Crippen molar-refractivity contribution in [2.24, 2.45) is 0 Å². The van der Waals surface area contributed by atoms with Crippen LogP contribution < -0.4 is 5.48 Å². The molecule has 1 N–H and O–H groups in total. The van der Waals surface area contributed by atoms with Crippen LogP contribution in [0.1, 0.15) is 44.1 Å². The third-order valence-corrected chi connectivity index (χ3v) is 4.43. The highest BCUT2D eigenvalue weighted by molar-refractivity contribution is 5.36. The van der Waals surface area contributed by atoms with Gasteiger partial charge in [0.25, 0.3) is 0 Å². The number of hydroxylamine groups is 1. The zero-order valence-electron chi connectivity index (χ0n) is 11.1. The van der Waals surface area contributed by atoms with E-state index < -0.39 is 0 Å². The van der Waals surface area contributed by atoms with E-state index in [2.05, 4.69) is 23.7 Å². The van der Waals surface area contributed by atoms with E-state index in [0.717, 1.165) is 18.4 Å². The maximum absolute atomic E-state index is 9.47. The molecule has 0 atom stereocenters. The number of nitrogens with one attached hydrogen (secondary N) is 1. The molecule has 2 aliphatic carbocycles. The largest absolute Gasteiger partial charge is 0.298 e. The highest BCUT2D eigenvalue weighted by Crippen LogP contribution is 2.43. The lowest BCUT2D eigenvalue weighted by Gasteiger charge is -2.43. The van der Waals surface area contributed by atoms with E-state index >= 15 is 0 Å². The number of hydrogen-bond acceptors (Lipinski definition) is 3. The molecule has 2 aliphatic rings. The van der Waals surface area contributed by atoms with Crippen molar-refractivity contribution in [3.05, 3.63) is 35.9 Å². The fraction of sp³-hybridized carbons (Fsp3) is 0.562. The Balaban J connectivity index is 1.54. The molecule has 3 rings (SSSR count). The van der Waals surface area contributed by atoms with E-state index in [4.69, 9.17) is 4.84 Å². The average molecular weight is 256 g/mol. The van der Waals surface area contributed by atoms with Crippen LogP contribution in [-0.4, -0.2) is 12.1 Å². The quantitative estimate of drug-likeness (QED) is 0.842. The van der Waals surface area contributed by atoms with Crippen molar-refractivity contribution in [3.63, 3.8) is 0 Å². The molecule has 1 aromatic rings.